The summed E-state index contributed by atoms with van der Waals surface area (Å²) in [4.78, 5) is 14.0. The zero-order valence-electron chi connectivity index (χ0n) is 9.64. The molecule has 90 valence electrons. The number of thioether (sulfide) groups is 1. The SMILES string of the molecule is CCc1ccc(C(=O)CSCc2ccco2)s1. The third-order valence-electron chi connectivity index (χ3n) is 2.34. The highest BCUT2D eigenvalue weighted by atomic mass is 32.2. The number of carbonyl (C=O) groups excluding carboxylic acids is 1. The van der Waals surface area contributed by atoms with Gasteiger partial charge < -0.3 is 4.42 Å². The molecule has 0 N–H and O–H groups in total. The molecule has 0 spiro atoms. The van der Waals surface area contributed by atoms with Crippen LogP contribution in [0.5, 0.6) is 0 Å². The number of hydrogen-bond acceptors (Lipinski definition) is 4. The maximum absolute atomic E-state index is 11.9. The Morgan fingerprint density at radius 1 is 1.41 bits per heavy atom. The van der Waals surface area contributed by atoms with Gasteiger partial charge in [0, 0.05) is 4.88 Å². The van der Waals surface area contributed by atoms with Crippen LogP contribution in [0.1, 0.15) is 27.2 Å². The van der Waals surface area contributed by atoms with Gasteiger partial charge in [-0.1, -0.05) is 6.92 Å². The van der Waals surface area contributed by atoms with E-state index in [1.807, 2.05) is 24.3 Å². The maximum atomic E-state index is 11.9. The Hall–Kier alpha value is -1.00. The monoisotopic (exact) mass is 266 g/mol. The first kappa shape index (κ1) is 12.5. The van der Waals surface area contributed by atoms with Crippen LogP contribution in [0.4, 0.5) is 0 Å². The van der Waals surface area contributed by atoms with Gasteiger partial charge in [0.15, 0.2) is 5.78 Å². The van der Waals surface area contributed by atoms with Crippen LogP contribution in [-0.2, 0) is 12.2 Å². The number of thiophene rings is 1. The van der Waals surface area contributed by atoms with E-state index in [2.05, 4.69) is 6.92 Å². The molecule has 2 heterocycles. The lowest BCUT2D eigenvalue weighted by atomic mass is 10.3. The minimum absolute atomic E-state index is 0.214. The van der Waals surface area contributed by atoms with Gasteiger partial charge in [-0.15, -0.1) is 23.1 Å². The molecule has 0 saturated heterocycles. The van der Waals surface area contributed by atoms with E-state index in [1.165, 1.54) is 4.88 Å². The molecule has 17 heavy (non-hydrogen) atoms. The van der Waals surface area contributed by atoms with E-state index >= 15 is 0 Å². The normalized spacial score (nSPS) is 10.6. The van der Waals surface area contributed by atoms with E-state index in [0.717, 1.165) is 22.8 Å². The van der Waals surface area contributed by atoms with Crippen molar-refractivity contribution in [1.82, 2.24) is 0 Å². The quantitative estimate of drug-likeness (QED) is 0.740. The zero-order chi connectivity index (χ0) is 12.1. The number of ketones is 1. The Morgan fingerprint density at radius 3 is 2.94 bits per heavy atom. The van der Waals surface area contributed by atoms with Crippen molar-refractivity contribution >= 4 is 28.9 Å². The zero-order valence-corrected chi connectivity index (χ0v) is 11.3. The van der Waals surface area contributed by atoms with Gasteiger partial charge in [0.25, 0.3) is 0 Å². The Kier molecular flexibility index (Phi) is 4.45. The second-order valence-corrected chi connectivity index (χ2v) is 5.77. The van der Waals surface area contributed by atoms with Crippen LogP contribution >= 0.6 is 23.1 Å². The van der Waals surface area contributed by atoms with Gasteiger partial charge in [-0.2, -0.15) is 0 Å². The molecule has 2 aromatic rings. The Labute approximate surface area is 109 Å². The number of aryl methyl sites for hydroxylation is 1. The largest absolute Gasteiger partial charge is 0.468 e. The number of carbonyl (C=O) groups is 1. The number of furan rings is 1. The van der Waals surface area contributed by atoms with E-state index < -0.39 is 0 Å². The van der Waals surface area contributed by atoms with Crippen LogP contribution in [0.2, 0.25) is 0 Å². The summed E-state index contributed by atoms with van der Waals surface area (Å²) < 4.78 is 5.21. The van der Waals surface area contributed by atoms with Crippen molar-refractivity contribution in [2.45, 2.75) is 19.1 Å². The van der Waals surface area contributed by atoms with Crippen LogP contribution in [0.3, 0.4) is 0 Å². The smallest absolute Gasteiger partial charge is 0.182 e. The molecule has 0 unspecified atom stereocenters. The molecule has 0 saturated carbocycles. The molecule has 0 radical (unpaired) electrons. The summed E-state index contributed by atoms with van der Waals surface area (Å²) in [7, 11) is 0. The second kappa shape index (κ2) is 6.07. The molecule has 0 amide bonds. The van der Waals surface area contributed by atoms with Crippen LogP contribution in [0.15, 0.2) is 34.9 Å². The average molecular weight is 266 g/mol. The summed E-state index contributed by atoms with van der Waals surface area (Å²) in [6.45, 7) is 2.10. The average Bonchev–Trinajstić information content (AvgIpc) is 2.99. The molecule has 0 aliphatic heterocycles. The predicted octanol–water partition coefficient (Wildman–Crippen LogP) is 4.02. The summed E-state index contributed by atoms with van der Waals surface area (Å²) in [5.74, 6) is 2.41. The van der Waals surface area contributed by atoms with E-state index in [-0.39, 0.29) is 5.78 Å². The molecule has 0 aromatic carbocycles. The van der Waals surface area contributed by atoms with E-state index in [4.69, 9.17) is 4.42 Å². The summed E-state index contributed by atoms with van der Waals surface area (Å²) in [6, 6.07) is 7.76. The van der Waals surface area contributed by atoms with Crippen molar-refractivity contribution in [2.24, 2.45) is 0 Å². The molecular weight excluding hydrogens is 252 g/mol. The number of rotatable bonds is 6. The molecule has 0 fully saturated rings. The first-order valence-corrected chi connectivity index (χ1v) is 7.48. The van der Waals surface area contributed by atoms with Gasteiger partial charge in [0.2, 0.25) is 0 Å². The van der Waals surface area contributed by atoms with Crippen LogP contribution in [0, 0.1) is 0 Å². The van der Waals surface area contributed by atoms with E-state index in [9.17, 15) is 4.79 Å². The van der Waals surface area contributed by atoms with Crippen molar-refractivity contribution in [3.05, 3.63) is 46.0 Å². The summed E-state index contributed by atoms with van der Waals surface area (Å²) in [5.41, 5.74) is 0. The van der Waals surface area contributed by atoms with E-state index in [0.29, 0.717) is 5.75 Å². The molecule has 0 atom stereocenters. The third-order valence-corrected chi connectivity index (χ3v) is 4.57. The highest BCUT2D eigenvalue weighted by molar-refractivity contribution is 7.99. The van der Waals surface area contributed by atoms with Gasteiger partial charge in [-0.3, -0.25) is 4.79 Å². The molecule has 2 aromatic heterocycles. The topological polar surface area (TPSA) is 30.2 Å². The fraction of sp³-hybridized carbons (Fsp3) is 0.308. The van der Waals surface area contributed by atoms with Crippen molar-refractivity contribution in [3.8, 4) is 0 Å². The first-order chi connectivity index (χ1) is 8.29. The highest BCUT2D eigenvalue weighted by Gasteiger charge is 2.09. The maximum Gasteiger partial charge on any atom is 0.182 e. The van der Waals surface area contributed by atoms with Crippen LogP contribution in [0.25, 0.3) is 0 Å². The van der Waals surface area contributed by atoms with Crippen LogP contribution in [-0.4, -0.2) is 11.5 Å². The van der Waals surface area contributed by atoms with Gasteiger partial charge in [-0.25, -0.2) is 0 Å². The standard InChI is InChI=1S/C13H14O2S2/c1-2-11-5-6-13(17-11)12(14)9-16-8-10-4-3-7-15-10/h3-7H,2,8-9H2,1H3. The van der Waals surface area contributed by atoms with Gasteiger partial charge >= 0.3 is 0 Å². The molecular formula is C13H14O2S2. The van der Waals surface area contributed by atoms with Crippen molar-refractivity contribution in [2.75, 3.05) is 5.75 Å². The van der Waals surface area contributed by atoms with E-state index in [1.54, 1.807) is 29.4 Å². The van der Waals surface area contributed by atoms with Gasteiger partial charge in [0.05, 0.1) is 22.6 Å². The molecule has 0 aliphatic rings. The second-order valence-electron chi connectivity index (χ2n) is 3.61. The summed E-state index contributed by atoms with van der Waals surface area (Å²) in [5, 5.41) is 0. The minimum atomic E-state index is 0.214. The lowest BCUT2D eigenvalue weighted by molar-refractivity contribution is 0.102. The third kappa shape index (κ3) is 3.48. The molecule has 2 nitrogen and oxygen atoms in total. The first-order valence-electron chi connectivity index (χ1n) is 5.51. The van der Waals surface area contributed by atoms with Gasteiger partial charge in [0.1, 0.15) is 5.76 Å². The number of Topliss-reactive ketones (excluding diaryl/α,β-unsaturated/α-hetero) is 1. The molecule has 0 bridgehead atoms. The number of hydrogen-bond donors (Lipinski definition) is 0. The van der Waals surface area contributed by atoms with Crippen LogP contribution < -0.4 is 0 Å². The Morgan fingerprint density at radius 2 is 2.29 bits per heavy atom. The molecule has 4 heteroatoms. The molecule has 0 aliphatic carbocycles. The highest BCUT2D eigenvalue weighted by Crippen LogP contribution is 2.20. The minimum Gasteiger partial charge on any atom is -0.468 e. The summed E-state index contributed by atoms with van der Waals surface area (Å²) in [6.07, 6.45) is 2.65. The van der Waals surface area contributed by atoms with Crippen molar-refractivity contribution in [1.29, 1.82) is 0 Å². The van der Waals surface area contributed by atoms with Gasteiger partial charge in [-0.05, 0) is 30.7 Å². The molecule has 2 rings (SSSR count). The fourth-order valence-corrected chi connectivity index (χ4v) is 3.21. The summed E-state index contributed by atoms with van der Waals surface area (Å²) >= 11 is 3.20. The predicted molar refractivity (Wildman–Crippen MR) is 72.9 cm³/mol. The lowest BCUT2D eigenvalue weighted by Gasteiger charge is -1.97. The Balaban J connectivity index is 1.81. The lowest BCUT2D eigenvalue weighted by Crippen LogP contribution is -1.99. The fourth-order valence-electron chi connectivity index (χ4n) is 1.43. The van der Waals surface area contributed by atoms with Crippen molar-refractivity contribution < 1.29 is 9.21 Å². The van der Waals surface area contributed by atoms with Crippen molar-refractivity contribution in [3.63, 3.8) is 0 Å². The Bertz CT molecular complexity index is 471.